The molecule has 1 saturated carbocycles. The fourth-order valence-electron chi connectivity index (χ4n) is 3.59. The van der Waals surface area contributed by atoms with E-state index in [1.54, 1.807) is 0 Å². The van der Waals surface area contributed by atoms with E-state index in [0.717, 1.165) is 25.7 Å². The van der Waals surface area contributed by atoms with E-state index < -0.39 is 0 Å². The minimum absolute atomic E-state index is 0.00818. The first kappa shape index (κ1) is 13.8. The first-order valence-electron chi connectivity index (χ1n) is 7.59. The van der Waals surface area contributed by atoms with Gasteiger partial charge in [0.1, 0.15) is 5.78 Å². The van der Waals surface area contributed by atoms with Gasteiger partial charge >= 0.3 is 0 Å². The summed E-state index contributed by atoms with van der Waals surface area (Å²) in [5, 5.41) is 0. The van der Waals surface area contributed by atoms with Gasteiger partial charge in [0.05, 0.1) is 12.7 Å². The van der Waals surface area contributed by atoms with Crippen LogP contribution in [0, 0.1) is 5.41 Å². The number of rotatable bonds is 3. The smallest absolute Gasteiger partial charge is 0.143 e. The van der Waals surface area contributed by atoms with Gasteiger partial charge in [-0.05, 0) is 30.4 Å². The Hall–Kier alpha value is -1.19. The van der Waals surface area contributed by atoms with Crippen molar-refractivity contribution in [3.63, 3.8) is 0 Å². The highest BCUT2D eigenvalue weighted by molar-refractivity contribution is 5.86. The molecule has 3 heteroatoms. The van der Waals surface area contributed by atoms with Crippen LogP contribution in [-0.2, 0) is 16.0 Å². The Morgan fingerprint density at radius 3 is 3.00 bits per heavy atom. The van der Waals surface area contributed by atoms with Gasteiger partial charge in [-0.15, -0.1) is 0 Å². The average molecular weight is 273 g/mol. The molecule has 0 radical (unpaired) electrons. The quantitative estimate of drug-likeness (QED) is 0.921. The predicted octanol–water partition coefficient (Wildman–Crippen LogP) is 2.78. The van der Waals surface area contributed by atoms with E-state index in [1.807, 2.05) is 13.0 Å². The Morgan fingerprint density at radius 2 is 2.25 bits per heavy atom. The van der Waals surface area contributed by atoms with Crippen molar-refractivity contribution in [2.45, 2.75) is 51.2 Å². The molecule has 1 aliphatic heterocycles. The second-order valence-electron chi connectivity index (χ2n) is 6.35. The number of Topliss-reactive ketones (excluding diaryl/α,β-unsaturated/α-hetero) is 1. The van der Waals surface area contributed by atoms with Crippen LogP contribution in [0.25, 0.3) is 0 Å². The number of ketones is 1. The Morgan fingerprint density at radius 1 is 1.45 bits per heavy atom. The standard InChI is InChI=1S/C17H23NO2/c1-17(9-4-7-15(17)18)16(19)11-14-13-6-3-2-5-12(13)8-10-20-14/h2-3,5-6,14-15H,4,7-11,18H2,1H3. The van der Waals surface area contributed by atoms with Crippen LogP contribution in [0.3, 0.4) is 0 Å². The lowest BCUT2D eigenvalue weighted by Gasteiger charge is -2.31. The molecule has 0 saturated heterocycles. The van der Waals surface area contributed by atoms with Gasteiger partial charge in [-0.2, -0.15) is 0 Å². The third-order valence-electron chi connectivity index (χ3n) is 5.13. The van der Waals surface area contributed by atoms with Crippen molar-refractivity contribution in [1.29, 1.82) is 0 Å². The summed E-state index contributed by atoms with van der Waals surface area (Å²) in [5.41, 5.74) is 8.30. The van der Waals surface area contributed by atoms with E-state index in [9.17, 15) is 4.79 Å². The lowest BCUT2D eigenvalue weighted by molar-refractivity contribution is -0.131. The highest BCUT2D eigenvalue weighted by atomic mass is 16.5. The van der Waals surface area contributed by atoms with Crippen molar-refractivity contribution in [3.8, 4) is 0 Å². The lowest BCUT2D eigenvalue weighted by Crippen LogP contribution is -2.42. The average Bonchev–Trinajstić information content (AvgIpc) is 2.80. The van der Waals surface area contributed by atoms with Crippen LogP contribution in [0.1, 0.15) is 49.8 Å². The van der Waals surface area contributed by atoms with Crippen LogP contribution in [0.15, 0.2) is 24.3 Å². The Labute approximate surface area is 120 Å². The molecule has 1 aliphatic carbocycles. The number of carbonyl (C=O) groups excluding carboxylic acids is 1. The minimum Gasteiger partial charge on any atom is -0.373 e. The van der Waals surface area contributed by atoms with Gasteiger partial charge in [0.2, 0.25) is 0 Å². The molecule has 3 rings (SSSR count). The van der Waals surface area contributed by atoms with E-state index in [1.165, 1.54) is 11.1 Å². The van der Waals surface area contributed by atoms with Crippen LogP contribution in [0.4, 0.5) is 0 Å². The third-order valence-corrected chi connectivity index (χ3v) is 5.13. The van der Waals surface area contributed by atoms with Crippen molar-refractivity contribution in [2.75, 3.05) is 6.61 Å². The number of carbonyl (C=O) groups is 1. The summed E-state index contributed by atoms with van der Waals surface area (Å²) in [6, 6.07) is 8.31. The van der Waals surface area contributed by atoms with Crippen LogP contribution in [-0.4, -0.2) is 18.4 Å². The van der Waals surface area contributed by atoms with Gasteiger partial charge < -0.3 is 10.5 Å². The monoisotopic (exact) mass is 273 g/mol. The number of ether oxygens (including phenoxy) is 1. The maximum atomic E-state index is 12.7. The molecule has 2 aliphatic rings. The molecular weight excluding hydrogens is 250 g/mol. The summed E-state index contributed by atoms with van der Waals surface area (Å²) in [5.74, 6) is 0.268. The molecule has 0 spiro atoms. The van der Waals surface area contributed by atoms with E-state index in [0.29, 0.717) is 13.0 Å². The molecule has 3 unspecified atom stereocenters. The van der Waals surface area contributed by atoms with Gasteiger partial charge in [-0.25, -0.2) is 0 Å². The molecular formula is C17H23NO2. The molecule has 1 aromatic carbocycles. The fourth-order valence-corrected chi connectivity index (χ4v) is 3.59. The molecule has 0 aromatic heterocycles. The summed E-state index contributed by atoms with van der Waals surface area (Å²) in [6.07, 6.45) is 4.26. The van der Waals surface area contributed by atoms with Crippen molar-refractivity contribution in [3.05, 3.63) is 35.4 Å². The van der Waals surface area contributed by atoms with E-state index >= 15 is 0 Å². The van der Waals surface area contributed by atoms with Crippen molar-refractivity contribution in [2.24, 2.45) is 11.1 Å². The van der Waals surface area contributed by atoms with Gasteiger partial charge in [0.15, 0.2) is 0 Å². The number of fused-ring (bicyclic) bond motifs is 1. The summed E-state index contributed by atoms with van der Waals surface area (Å²) in [6.45, 7) is 2.74. The molecule has 3 atom stereocenters. The zero-order valence-corrected chi connectivity index (χ0v) is 12.1. The van der Waals surface area contributed by atoms with E-state index in [-0.39, 0.29) is 23.3 Å². The fraction of sp³-hybridized carbons (Fsp3) is 0.588. The second kappa shape index (κ2) is 5.30. The van der Waals surface area contributed by atoms with Crippen LogP contribution >= 0.6 is 0 Å². The van der Waals surface area contributed by atoms with Gasteiger partial charge in [0.25, 0.3) is 0 Å². The number of hydrogen-bond acceptors (Lipinski definition) is 3. The highest BCUT2D eigenvalue weighted by Gasteiger charge is 2.43. The number of nitrogens with two attached hydrogens (primary N) is 1. The largest absolute Gasteiger partial charge is 0.373 e. The number of hydrogen-bond donors (Lipinski definition) is 1. The Balaban J connectivity index is 1.77. The van der Waals surface area contributed by atoms with Crippen LogP contribution < -0.4 is 5.73 Å². The Bertz CT molecular complexity index is 513. The van der Waals surface area contributed by atoms with Crippen molar-refractivity contribution >= 4 is 5.78 Å². The van der Waals surface area contributed by atoms with Gasteiger partial charge in [-0.3, -0.25) is 4.79 Å². The molecule has 0 amide bonds. The summed E-state index contributed by atoms with van der Waals surface area (Å²) in [7, 11) is 0. The molecule has 20 heavy (non-hydrogen) atoms. The van der Waals surface area contributed by atoms with E-state index in [2.05, 4.69) is 18.2 Å². The zero-order valence-electron chi connectivity index (χ0n) is 12.1. The summed E-state index contributed by atoms with van der Waals surface area (Å²) >= 11 is 0. The van der Waals surface area contributed by atoms with Crippen LogP contribution in [0.5, 0.6) is 0 Å². The van der Waals surface area contributed by atoms with Gasteiger partial charge in [-0.1, -0.05) is 37.6 Å². The first-order valence-corrected chi connectivity index (χ1v) is 7.59. The predicted molar refractivity (Wildman–Crippen MR) is 78.4 cm³/mol. The second-order valence-corrected chi connectivity index (χ2v) is 6.35. The highest BCUT2D eigenvalue weighted by Crippen LogP contribution is 2.41. The topological polar surface area (TPSA) is 52.3 Å². The maximum Gasteiger partial charge on any atom is 0.143 e. The number of benzene rings is 1. The minimum atomic E-state index is -0.351. The molecule has 108 valence electrons. The third kappa shape index (κ3) is 2.29. The molecule has 0 bridgehead atoms. The molecule has 1 fully saturated rings. The molecule has 1 heterocycles. The molecule has 1 aromatic rings. The van der Waals surface area contributed by atoms with Gasteiger partial charge in [0, 0.05) is 17.9 Å². The van der Waals surface area contributed by atoms with E-state index in [4.69, 9.17) is 10.5 Å². The SMILES string of the molecule is CC1(C(=O)CC2OCCc3ccccc32)CCCC1N. The summed E-state index contributed by atoms with van der Waals surface area (Å²) in [4.78, 5) is 12.7. The maximum absolute atomic E-state index is 12.7. The lowest BCUT2D eigenvalue weighted by atomic mass is 9.77. The van der Waals surface area contributed by atoms with Crippen molar-refractivity contribution < 1.29 is 9.53 Å². The normalized spacial score (nSPS) is 32.9. The Kier molecular flexibility index (Phi) is 3.65. The molecule has 2 N–H and O–H groups in total. The van der Waals surface area contributed by atoms with Crippen molar-refractivity contribution in [1.82, 2.24) is 0 Å². The first-order chi connectivity index (χ1) is 9.61. The zero-order chi connectivity index (χ0) is 14.2. The summed E-state index contributed by atoms with van der Waals surface area (Å²) < 4.78 is 5.85. The van der Waals surface area contributed by atoms with Crippen LogP contribution in [0.2, 0.25) is 0 Å². The molecule has 3 nitrogen and oxygen atoms in total.